The lowest BCUT2D eigenvalue weighted by atomic mass is 10.2. The molecule has 0 bridgehead atoms. The van der Waals surface area contributed by atoms with Gasteiger partial charge in [-0.15, -0.1) is 15.3 Å². The minimum absolute atomic E-state index is 0.142. The van der Waals surface area contributed by atoms with Gasteiger partial charge in [-0.2, -0.15) is 0 Å². The summed E-state index contributed by atoms with van der Waals surface area (Å²) >= 11 is 20.0. The zero-order chi connectivity index (χ0) is 26.8. The van der Waals surface area contributed by atoms with Gasteiger partial charge in [0.05, 0.1) is 32.2 Å². The van der Waals surface area contributed by atoms with Crippen molar-refractivity contribution in [3.05, 3.63) is 93.1 Å². The molecular formula is C26H20Cl3N7OS. The molecule has 192 valence electrons. The van der Waals surface area contributed by atoms with E-state index in [-0.39, 0.29) is 11.7 Å². The highest BCUT2D eigenvalue weighted by Gasteiger charge is 2.23. The van der Waals surface area contributed by atoms with Gasteiger partial charge in [-0.25, -0.2) is 4.68 Å². The molecule has 8 nitrogen and oxygen atoms in total. The number of anilines is 1. The third kappa shape index (κ3) is 5.42. The van der Waals surface area contributed by atoms with Crippen LogP contribution in [0.25, 0.3) is 22.9 Å². The average molecular weight is 585 g/mol. The van der Waals surface area contributed by atoms with Crippen LogP contribution in [-0.2, 0) is 4.79 Å². The molecule has 0 atom stereocenters. The number of para-hydroxylation sites is 1. The van der Waals surface area contributed by atoms with Crippen molar-refractivity contribution in [2.75, 3.05) is 11.1 Å². The molecule has 5 rings (SSSR count). The molecule has 0 radical (unpaired) electrons. The van der Waals surface area contributed by atoms with Crippen LogP contribution < -0.4 is 5.32 Å². The van der Waals surface area contributed by atoms with Gasteiger partial charge in [-0.1, -0.05) is 87.7 Å². The van der Waals surface area contributed by atoms with Crippen molar-refractivity contribution in [3.63, 3.8) is 0 Å². The fourth-order valence-corrected chi connectivity index (χ4v) is 5.10. The Morgan fingerprint density at radius 2 is 1.61 bits per heavy atom. The topological polar surface area (TPSA) is 90.5 Å². The molecule has 0 aliphatic heterocycles. The molecule has 1 N–H and O–H groups in total. The Morgan fingerprint density at radius 1 is 0.895 bits per heavy atom. The van der Waals surface area contributed by atoms with Crippen LogP contribution in [0.4, 0.5) is 5.69 Å². The van der Waals surface area contributed by atoms with E-state index in [4.69, 9.17) is 34.8 Å². The molecule has 5 aromatic rings. The molecule has 3 aromatic carbocycles. The number of carbonyl (C=O) groups is 1. The maximum atomic E-state index is 12.6. The number of thioether (sulfide) groups is 1. The summed E-state index contributed by atoms with van der Waals surface area (Å²) in [6.07, 6.45) is 0. The number of halogens is 3. The number of carbonyl (C=O) groups excluding carboxylic acids is 1. The van der Waals surface area contributed by atoms with Gasteiger partial charge in [0.1, 0.15) is 0 Å². The lowest BCUT2D eigenvalue weighted by Crippen LogP contribution is -2.14. The Morgan fingerprint density at radius 3 is 2.34 bits per heavy atom. The minimum Gasteiger partial charge on any atom is -0.325 e. The summed E-state index contributed by atoms with van der Waals surface area (Å²) in [6, 6.07) is 20.4. The van der Waals surface area contributed by atoms with Gasteiger partial charge in [-0.05, 0) is 50.2 Å². The Balaban J connectivity index is 1.47. The number of nitrogens with one attached hydrogen (secondary N) is 1. The van der Waals surface area contributed by atoms with Crippen LogP contribution in [0.5, 0.6) is 0 Å². The second-order valence-corrected chi connectivity index (χ2v) is 10.5. The van der Waals surface area contributed by atoms with E-state index in [1.165, 1.54) is 11.8 Å². The SMILES string of the molecule is Cc1ccc(NC(=O)CSc2nnc(-c3nnn(-c4cc(Cl)c(Cl)cc4Cl)c3C)n2-c2ccccc2)cc1. The first kappa shape index (κ1) is 26.2. The lowest BCUT2D eigenvalue weighted by molar-refractivity contribution is -0.113. The summed E-state index contributed by atoms with van der Waals surface area (Å²) in [6.45, 7) is 3.84. The van der Waals surface area contributed by atoms with Crippen molar-refractivity contribution in [3.8, 4) is 22.9 Å². The van der Waals surface area contributed by atoms with Gasteiger partial charge >= 0.3 is 0 Å². The van der Waals surface area contributed by atoms with Crippen LogP contribution in [0.2, 0.25) is 15.1 Å². The van der Waals surface area contributed by atoms with Crippen LogP contribution in [0.15, 0.2) is 71.9 Å². The molecule has 0 unspecified atom stereocenters. The Labute approximate surface area is 237 Å². The molecule has 2 aromatic heterocycles. The smallest absolute Gasteiger partial charge is 0.234 e. The van der Waals surface area contributed by atoms with Crippen LogP contribution in [0, 0.1) is 13.8 Å². The standard InChI is InChI=1S/C26H20Cl3N7OS/c1-15-8-10-17(11-9-15)30-23(37)14-38-26-33-32-25(35(26)18-6-4-3-5-7-18)24-16(2)36(34-31-24)22-13-20(28)19(27)12-21(22)29/h3-13H,14H2,1-2H3,(H,30,37). The maximum absolute atomic E-state index is 12.6. The molecule has 38 heavy (non-hydrogen) atoms. The highest BCUT2D eigenvalue weighted by atomic mass is 35.5. The summed E-state index contributed by atoms with van der Waals surface area (Å²) in [7, 11) is 0. The first-order chi connectivity index (χ1) is 18.3. The van der Waals surface area contributed by atoms with Crippen molar-refractivity contribution < 1.29 is 4.79 Å². The number of aromatic nitrogens is 6. The number of hydrogen-bond donors (Lipinski definition) is 1. The molecule has 0 fully saturated rings. The highest BCUT2D eigenvalue weighted by molar-refractivity contribution is 7.99. The molecular weight excluding hydrogens is 565 g/mol. The van der Waals surface area contributed by atoms with Gasteiger partial charge in [0, 0.05) is 11.4 Å². The second-order valence-electron chi connectivity index (χ2n) is 8.33. The number of nitrogens with zero attached hydrogens (tertiary/aromatic N) is 6. The zero-order valence-corrected chi connectivity index (χ0v) is 23.3. The number of amides is 1. The quantitative estimate of drug-likeness (QED) is 0.167. The van der Waals surface area contributed by atoms with Crippen molar-refractivity contribution in [2.45, 2.75) is 19.0 Å². The first-order valence-electron chi connectivity index (χ1n) is 11.4. The van der Waals surface area contributed by atoms with Crippen molar-refractivity contribution in [1.82, 2.24) is 29.8 Å². The minimum atomic E-state index is -0.153. The summed E-state index contributed by atoms with van der Waals surface area (Å²) in [5.41, 5.74) is 4.37. The summed E-state index contributed by atoms with van der Waals surface area (Å²) in [4.78, 5) is 12.6. The normalized spacial score (nSPS) is 11.1. The van der Waals surface area contributed by atoms with Gasteiger partial charge < -0.3 is 5.32 Å². The largest absolute Gasteiger partial charge is 0.325 e. The predicted molar refractivity (Wildman–Crippen MR) is 152 cm³/mol. The Hall–Kier alpha value is -3.37. The third-order valence-electron chi connectivity index (χ3n) is 5.64. The maximum Gasteiger partial charge on any atom is 0.234 e. The average Bonchev–Trinajstić information content (AvgIpc) is 3.50. The van der Waals surface area contributed by atoms with E-state index in [0.29, 0.717) is 43.1 Å². The van der Waals surface area contributed by atoms with Gasteiger partial charge in [0.2, 0.25) is 5.91 Å². The molecule has 12 heteroatoms. The fraction of sp³-hybridized carbons (Fsp3) is 0.115. The van der Waals surface area contributed by atoms with E-state index in [1.807, 2.05) is 73.0 Å². The van der Waals surface area contributed by atoms with E-state index in [0.717, 1.165) is 16.9 Å². The summed E-state index contributed by atoms with van der Waals surface area (Å²) in [5, 5.41) is 22.0. The number of rotatable bonds is 7. The van der Waals surface area contributed by atoms with Gasteiger partial charge in [0.25, 0.3) is 0 Å². The fourth-order valence-electron chi connectivity index (χ4n) is 3.73. The second kappa shape index (κ2) is 11.2. The molecule has 0 saturated carbocycles. The molecule has 0 aliphatic carbocycles. The van der Waals surface area contributed by atoms with E-state index < -0.39 is 0 Å². The van der Waals surface area contributed by atoms with E-state index in [9.17, 15) is 4.79 Å². The molecule has 0 aliphatic rings. The van der Waals surface area contributed by atoms with E-state index in [2.05, 4.69) is 25.8 Å². The third-order valence-corrected chi connectivity index (χ3v) is 7.59. The van der Waals surface area contributed by atoms with Crippen LogP contribution in [-0.4, -0.2) is 41.4 Å². The Kier molecular flexibility index (Phi) is 7.71. The van der Waals surface area contributed by atoms with E-state index >= 15 is 0 Å². The van der Waals surface area contributed by atoms with Crippen molar-refractivity contribution >= 4 is 58.2 Å². The molecule has 2 heterocycles. The highest BCUT2D eigenvalue weighted by Crippen LogP contribution is 2.34. The number of benzene rings is 3. The van der Waals surface area contributed by atoms with Gasteiger partial charge in [-0.3, -0.25) is 9.36 Å². The first-order valence-corrected chi connectivity index (χ1v) is 13.5. The summed E-state index contributed by atoms with van der Waals surface area (Å²) < 4.78 is 3.42. The van der Waals surface area contributed by atoms with Crippen molar-refractivity contribution in [1.29, 1.82) is 0 Å². The molecule has 1 amide bonds. The Bertz CT molecular complexity index is 1620. The monoisotopic (exact) mass is 583 g/mol. The van der Waals surface area contributed by atoms with E-state index in [1.54, 1.807) is 16.8 Å². The van der Waals surface area contributed by atoms with Crippen molar-refractivity contribution in [2.24, 2.45) is 0 Å². The molecule has 0 spiro atoms. The van der Waals surface area contributed by atoms with Crippen LogP contribution in [0.1, 0.15) is 11.3 Å². The number of aryl methyl sites for hydroxylation is 1. The predicted octanol–water partition coefficient (Wildman–Crippen LogP) is 6.82. The zero-order valence-electron chi connectivity index (χ0n) is 20.2. The number of hydrogen-bond acceptors (Lipinski definition) is 6. The molecule has 0 saturated heterocycles. The van der Waals surface area contributed by atoms with Crippen LogP contribution >= 0.6 is 46.6 Å². The lowest BCUT2D eigenvalue weighted by Gasteiger charge is -2.10. The summed E-state index contributed by atoms with van der Waals surface area (Å²) in [5.74, 6) is 0.459. The van der Waals surface area contributed by atoms with Gasteiger partial charge in [0.15, 0.2) is 16.7 Å². The van der Waals surface area contributed by atoms with Crippen LogP contribution in [0.3, 0.4) is 0 Å².